The minimum atomic E-state index is -0.286. The lowest BCUT2D eigenvalue weighted by Gasteiger charge is -2.32. The highest BCUT2D eigenvalue weighted by Crippen LogP contribution is 2.31. The van der Waals surface area contributed by atoms with Crippen molar-refractivity contribution in [3.8, 4) is 22.8 Å². The second-order valence-electron chi connectivity index (χ2n) is 10.4. The van der Waals surface area contributed by atoms with Crippen LogP contribution in [0.1, 0.15) is 45.6 Å². The third-order valence-corrected chi connectivity index (χ3v) is 7.00. The van der Waals surface area contributed by atoms with Crippen LogP contribution >= 0.6 is 0 Å². The van der Waals surface area contributed by atoms with Gasteiger partial charge >= 0.3 is 0 Å². The molecule has 1 atom stereocenters. The van der Waals surface area contributed by atoms with Crippen LogP contribution in [0.2, 0.25) is 0 Å². The minimum Gasteiger partial charge on any atom is -0.333 e. The summed E-state index contributed by atoms with van der Waals surface area (Å²) in [4.78, 5) is 30.9. The van der Waals surface area contributed by atoms with Gasteiger partial charge in [-0.3, -0.25) is 0 Å². The van der Waals surface area contributed by atoms with Crippen molar-refractivity contribution in [2.45, 2.75) is 33.9 Å². The predicted octanol–water partition coefficient (Wildman–Crippen LogP) is 6.67. The fraction of sp³-hybridized carbons (Fsp3) is 0.176. The summed E-state index contributed by atoms with van der Waals surface area (Å²) in [6.45, 7) is 7.97. The Morgan fingerprint density at radius 3 is 1.68 bits per heavy atom. The minimum absolute atomic E-state index is 0.286. The Kier molecular flexibility index (Phi) is 6.93. The number of aliphatic imine (C=N–C) groups is 2. The molecule has 6 rings (SSSR count). The maximum absolute atomic E-state index is 5.13. The van der Waals surface area contributed by atoms with Gasteiger partial charge in [0.25, 0.3) is 0 Å². The monoisotopic (exact) mass is 537 g/mol. The van der Waals surface area contributed by atoms with Crippen LogP contribution in [-0.2, 0) is 0 Å². The number of rotatable bonds is 5. The molecule has 0 spiro atoms. The number of hydrogen-bond donors (Lipinski definition) is 0. The van der Waals surface area contributed by atoms with E-state index in [0.29, 0.717) is 11.7 Å². The second-order valence-corrected chi connectivity index (χ2v) is 10.4. The van der Waals surface area contributed by atoms with Gasteiger partial charge < -0.3 is 4.90 Å². The fourth-order valence-corrected chi connectivity index (χ4v) is 5.14. The summed E-state index contributed by atoms with van der Waals surface area (Å²) in [6, 6.07) is 30.7. The molecule has 202 valence electrons. The molecule has 7 nitrogen and oxygen atoms in total. The SMILES string of the molecule is Cc1cc(C)nc(-c2ccc(C3=NC(c4ccccc4)=NC(c4cccc(-c5nc(C)cc(C)n5)c4)N3C)cc2)n1. The Hall–Kier alpha value is -5.04. The third kappa shape index (κ3) is 5.52. The summed E-state index contributed by atoms with van der Waals surface area (Å²) in [5.41, 5.74) is 8.72. The molecule has 3 aromatic carbocycles. The molecular weight excluding hydrogens is 506 g/mol. The van der Waals surface area contributed by atoms with E-state index in [1.165, 1.54) is 0 Å². The Balaban J connectivity index is 1.41. The van der Waals surface area contributed by atoms with Crippen molar-refractivity contribution in [2.24, 2.45) is 9.98 Å². The van der Waals surface area contributed by atoms with Crippen LogP contribution in [-0.4, -0.2) is 43.6 Å². The van der Waals surface area contributed by atoms with E-state index in [4.69, 9.17) is 9.98 Å². The quantitative estimate of drug-likeness (QED) is 0.250. The maximum atomic E-state index is 5.13. The number of amidine groups is 2. The van der Waals surface area contributed by atoms with Crippen LogP contribution in [0, 0.1) is 27.7 Å². The highest BCUT2D eigenvalue weighted by Gasteiger charge is 2.27. The summed E-state index contributed by atoms with van der Waals surface area (Å²) >= 11 is 0. The predicted molar refractivity (Wildman–Crippen MR) is 164 cm³/mol. The Morgan fingerprint density at radius 2 is 1.07 bits per heavy atom. The van der Waals surface area contributed by atoms with Gasteiger partial charge in [-0.1, -0.05) is 72.8 Å². The van der Waals surface area contributed by atoms with Crippen LogP contribution in [0.5, 0.6) is 0 Å². The fourth-order valence-electron chi connectivity index (χ4n) is 5.14. The van der Waals surface area contributed by atoms with E-state index in [0.717, 1.165) is 62.3 Å². The second kappa shape index (κ2) is 10.8. The normalized spacial score (nSPS) is 15.0. The first-order chi connectivity index (χ1) is 19.8. The van der Waals surface area contributed by atoms with Crippen LogP contribution < -0.4 is 0 Å². The van der Waals surface area contributed by atoms with E-state index in [9.17, 15) is 0 Å². The zero-order valence-electron chi connectivity index (χ0n) is 23.9. The Bertz CT molecular complexity index is 1750. The molecule has 1 unspecified atom stereocenters. The molecule has 2 aromatic heterocycles. The molecular formula is C34H31N7. The molecule has 5 aromatic rings. The average molecular weight is 538 g/mol. The molecule has 7 heteroatoms. The van der Waals surface area contributed by atoms with E-state index < -0.39 is 0 Å². The van der Waals surface area contributed by atoms with Crippen molar-refractivity contribution in [3.63, 3.8) is 0 Å². The maximum Gasteiger partial charge on any atom is 0.159 e. The standard InChI is InChI=1S/C34H31N7/c1-21-18-22(2)36-30(35-21)26-14-16-27(17-15-26)33-39-31(25-10-7-6-8-11-25)40-34(41(33)5)29-13-9-12-28(20-29)32-37-23(3)19-24(4)38-32/h6-20,34H,1-5H3. The van der Waals surface area contributed by atoms with E-state index in [2.05, 4.69) is 61.2 Å². The highest BCUT2D eigenvalue weighted by molar-refractivity contribution is 6.13. The first-order valence-corrected chi connectivity index (χ1v) is 13.6. The Morgan fingerprint density at radius 1 is 0.537 bits per heavy atom. The van der Waals surface area contributed by atoms with Crippen molar-refractivity contribution in [2.75, 3.05) is 7.05 Å². The zero-order valence-corrected chi connectivity index (χ0v) is 23.9. The summed E-state index contributed by atoms with van der Waals surface area (Å²) < 4.78 is 0. The van der Waals surface area contributed by atoms with Crippen molar-refractivity contribution in [3.05, 3.63) is 130 Å². The molecule has 3 heterocycles. The van der Waals surface area contributed by atoms with Gasteiger partial charge in [0.15, 0.2) is 23.7 Å². The number of nitrogens with zero attached hydrogens (tertiary/aromatic N) is 7. The lowest BCUT2D eigenvalue weighted by Crippen LogP contribution is -2.35. The lowest BCUT2D eigenvalue weighted by molar-refractivity contribution is 0.383. The molecule has 0 bridgehead atoms. The van der Waals surface area contributed by atoms with Gasteiger partial charge in [0.05, 0.1) is 0 Å². The molecule has 0 aliphatic carbocycles. The first kappa shape index (κ1) is 26.2. The van der Waals surface area contributed by atoms with Gasteiger partial charge in [-0.15, -0.1) is 0 Å². The smallest absolute Gasteiger partial charge is 0.159 e. The summed E-state index contributed by atoms with van der Waals surface area (Å²) in [7, 11) is 2.04. The number of aromatic nitrogens is 4. The third-order valence-electron chi connectivity index (χ3n) is 7.00. The van der Waals surface area contributed by atoms with E-state index in [1.54, 1.807) is 0 Å². The summed E-state index contributed by atoms with van der Waals surface area (Å²) in [6.07, 6.45) is -0.286. The molecule has 1 aliphatic heterocycles. The average Bonchev–Trinajstić information content (AvgIpc) is 2.97. The van der Waals surface area contributed by atoms with E-state index in [-0.39, 0.29) is 6.17 Å². The van der Waals surface area contributed by atoms with Gasteiger partial charge in [-0.25, -0.2) is 29.9 Å². The number of hydrogen-bond acceptors (Lipinski definition) is 7. The molecule has 0 amide bonds. The van der Waals surface area contributed by atoms with Gasteiger partial charge in [0.2, 0.25) is 0 Å². The first-order valence-electron chi connectivity index (χ1n) is 13.6. The van der Waals surface area contributed by atoms with Crippen LogP contribution in [0.15, 0.2) is 101 Å². The molecule has 0 radical (unpaired) electrons. The van der Waals surface area contributed by atoms with Crippen molar-refractivity contribution in [1.82, 2.24) is 24.8 Å². The van der Waals surface area contributed by atoms with E-state index in [1.807, 2.05) is 89.3 Å². The van der Waals surface area contributed by atoms with Gasteiger partial charge in [-0.2, -0.15) is 0 Å². The number of benzene rings is 3. The van der Waals surface area contributed by atoms with Gasteiger partial charge in [-0.05, 0) is 51.5 Å². The van der Waals surface area contributed by atoms with Crippen LogP contribution in [0.4, 0.5) is 0 Å². The molecule has 0 N–H and O–H groups in total. The summed E-state index contributed by atoms with van der Waals surface area (Å²) in [5, 5.41) is 0. The van der Waals surface area contributed by atoms with Crippen molar-refractivity contribution < 1.29 is 0 Å². The Labute approximate surface area is 240 Å². The van der Waals surface area contributed by atoms with Gasteiger partial charge in [0, 0.05) is 52.1 Å². The molecule has 0 fully saturated rings. The number of aryl methyl sites for hydroxylation is 4. The largest absolute Gasteiger partial charge is 0.333 e. The van der Waals surface area contributed by atoms with Crippen molar-refractivity contribution >= 4 is 11.7 Å². The molecule has 0 saturated carbocycles. The van der Waals surface area contributed by atoms with Crippen molar-refractivity contribution in [1.29, 1.82) is 0 Å². The van der Waals surface area contributed by atoms with Crippen LogP contribution in [0.3, 0.4) is 0 Å². The zero-order chi connectivity index (χ0) is 28.5. The topological polar surface area (TPSA) is 79.5 Å². The molecule has 1 aliphatic rings. The summed E-state index contributed by atoms with van der Waals surface area (Å²) in [5.74, 6) is 2.97. The van der Waals surface area contributed by atoms with Gasteiger partial charge in [0.1, 0.15) is 5.84 Å². The van der Waals surface area contributed by atoms with E-state index >= 15 is 0 Å². The molecule has 41 heavy (non-hydrogen) atoms. The molecule has 0 saturated heterocycles. The lowest BCUT2D eigenvalue weighted by atomic mass is 10.0. The highest BCUT2D eigenvalue weighted by atomic mass is 15.3. The van der Waals surface area contributed by atoms with Crippen LogP contribution in [0.25, 0.3) is 22.8 Å².